The van der Waals surface area contributed by atoms with Crippen LogP contribution in [-0.2, 0) is 4.79 Å². The summed E-state index contributed by atoms with van der Waals surface area (Å²) in [5.41, 5.74) is 11.4. The van der Waals surface area contributed by atoms with Crippen molar-refractivity contribution in [2.75, 3.05) is 27.7 Å². The van der Waals surface area contributed by atoms with Crippen molar-refractivity contribution in [3.8, 4) is 0 Å². The lowest BCUT2D eigenvalue weighted by Crippen LogP contribution is -2.42. The topological polar surface area (TPSA) is 39.2 Å². The Morgan fingerprint density at radius 1 is 0.661 bits per heavy atom. The zero-order valence-electron chi connectivity index (χ0n) is 41.9. The van der Waals surface area contributed by atoms with Crippen LogP contribution in [0.1, 0.15) is 203 Å². The van der Waals surface area contributed by atoms with Crippen molar-refractivity contribution in [2.24, 2.45) is 37.5 Å². The maximum atomic E-state index is 12.9. The van der Waals surface area contributed by atoms with Crippen LogP contribution in [0.4, 0.5) is 0 Å². The third kappa shape index (κ3) is 14.5. The molecule has 0 spiro atoms. The average molecular weight is 779 g/mol. The summed E-state index contributed by atoms with van der Waals surface area (Å²) in [6.45, 7) is 48.2. The van der Waals surface area contributed by atoms with E-state index in [9.17, 15) is 4.79 Å². The van der Waals surface area contributed by atoms with Gasteiger partial charge in [-0.3, -0.25) is 9.79 Å². The third-order valence-corrected chi connectivity index (χ3v) is 11.6. The highest BCUT2D eigenvalue weighted by Gasteiger charge is 2.38. The minimum absolute atomic E-state index is 0.124. The third-order valence-electron chi connectivity index (χ3n) is 11.6. The Bertz CT molecular complexity index is 1470. The number of allylic oxidation sites excluding steroid dienone is 7. The quantitative estimate of drug-likeness (QED) is 0.270. The first-order valence-electron chi connectivity index (χ1n) is 22.3. The zero-order valence-corrected chi connectivity index (χ0v) is 41.9. The summed E-state index contributed by atoms with van der Waals surface area (Å²) in [4.78, 5) is 24.6. The summed E-state index contributed by atoms with van der Waals surface area (Å²) in [6.07, 6.45) is 13.3. The van der Waals surface area contributed by atoms with E-state index >= 15 is 0 Å². The molecule has 3 heterocycles. The molecule has 0 aromatic rings. The van der Waals surface area contributed by atoms with Crippen molar-refractivity contribution in [3.63, 3.8) is 0 Å². The van der Waals surface area contributed by atoms with E-state index in [1.165, 1.54) is 43.5 Å². The van der Waals surface area contributed by atoms with E-state index in [1.54, 1.807) is 16.8 Å². The van der Waals surface area contributed by atoms with Gasteiger partial charge in [0.1, 0.15) is 0 Å². The molecule has 3 rings (SSSR count). The first kappa shape index (κ1) is 51.7. The fourth-order valence-electron chi connectivity index (χ4n) is 8.61. The summed E-state index contributed by atoms with van der Waals surface area (Å²) in [5, 5.41) is 0. The molecule has 0 bridgehead atoms. The molecule has 1 unspecified atom stereocenters. The average Bonchev–Trinajstić information content (AvgIpc) is 3.14. The normalized spacial score (nSPS) is 19.7. The number of hydrogen-bond donors (Lipinski definition) is 0. The Kier molecular flexibility index (Phi) is 18.1. The highest BCUT2D eigenvalue weighted by Crippen LogP contribution is 2.46. The monoisotopic (exact) mass is 779 g/mol. The molecule has 3 aliphatic rings. The van der Waals surface area contributed by atoms with Crippen LogP contribution in [0.15, 0.2) is 50.6 Å². The summed E-state index contributed by atoms with van der Waals surface area (Å²) < 4.78 is 0. The van der Waals surface area contributed by atoms with Gasteiger partial charge in [0.25, 0.3) is 5.91 Å². The number of carbonyl (C=O) groups is 1. The van der Waals surface area contributed by atoms with Gasteiger partial charge in [-0.15, -0.1) is 0 Å². The highest BCUT2D eigenvalue weighted by molar-refractivity contribution is 6.01. The molecule has 56 heavy (non-hydrogen) atoms. The van der Waals surface area contributed by atoms with Crippen LogP contribution in [0, 0.1) is 32.5 Å². The van der Waals surface area contributed by atoms with E-state index in [4.69, 9.17) is 4.99 Å². The predicted octanol–water partition coefficient (Wildman–Crippen LogP) is 14.6. The van der Waals surface area contributed by atoms with E-state index in [1.807, 2.05) is 11.9 Å². The molecule has 1 atom stereocenters. The smallest absolute Gasteiger partial charge is 0.252 e. The summed E-state index contributed by atoms with van der Waals surface area (Å²) in [5.74, 6) is 0.127. The van der Waals surface area contributed by atoms with Gasteiger partial charge in [0.2, 0.25) is 0 Å². The minimum atomic E-state index is -0.197. The lowest BCUT2D eigenvalue weighted by atomic mass is 9.73. The Labute approximate surface area is 350 Å². The molecular weight excluding hydrogens is 685 g/mol. The van der Waals surface area contributed by atoms with Crippen molar-refractivity contribution in [1.29, 1.82) is 0 Å². The second kappa shape index (κ2) is 19.6. The van der Waals surface area contributed by atoms with Gasteiger partial charge in [-0.05, 0) is 72.8 Å². The van der Waals surface area contributed by atoms with Crippen molar-refractivity contribution in [3.05, 3.63) is 45.6 Å². The lowest BCUT2D eigenvalue weighted by Gasteiger charge is -2.46. The molecule has 0 fully saturated rings. The number of unbranched alkanes of at least 4 members (excludes halogenated alkanes) is 2. The molecule has 0 aromatic carbocycles. The van der Waals surface area contributed by atoms with Gasteiger partial charge in [0.15, 0.2) is 0 Å². The fourth-order valence-corrected chi connectivity index (χ4v) is 8.61. The van der Waals surface area contributed by atoms with Gasteiger partial charge >= 0.3 is 0 Å². The van der Waals surface area contributed by atoms with Crippen molar-refractivity contribution < 1.29 is 4.79 Å². The number of amides is 1. The Hall–Kier alpha value is -2.30. The fraction of sp³-hybridized carbons (Fsp3) is 0.804. The molecule has 3 aliphatic heterocycles. The molecular formula is C51H94N4O. The van der Waals surface area contributed by atoms with Gasteiger partial charge in [0, 0.05) is 71.8 Å². The molecule has 5 nitrogen and oxygen atoms in total. The van der Waals surface area contributed by atoms with Gasteiger partial charge < -0.3 is 14.7 Å². The molecule has 324 valence electrons. The van der Waals surface area contributed by atoms with Crippen LogP contribution in [-0.4, -0.2) is 60.0 Å². The first-order chi connectivity index (χ1) is 25.1. The van der Waals surface area contributed by atoms with Crippen LogP contribution in [0.5, 0.6) is 0 Å². The Morgan fingerprint density at radius 2 is 1.16 bits per heavy atom. The van der Waals surface area contributed by atoms with E-state index < -0.39 is 0 Å². The molecule has 0 saturated carbocycles. The van der Waals surface area contributed by atoms with E-state index in [0.717, 1.165) is 48.7 Å². The van der Waals surface area contributed by atoms with Gasteiger partial charge in [-0.2, -0.15) is 0 Å². The summed E-state index contributed by atoms with van der Waals surface area (Å²) in [7, 11) is 6.41. The molecule has 1 amide bonds. The standard InChI is InChI=1S/C18H32N2O.C18H35N.C15H27N/c1-9-10-11-13-12-20(8)16(21)14(17(2,3)4)15(19-13)18(5,6)7;1-9-10-11-14-12-13-15(17(2,3)4)16(19(14)8)18(5,6)7;1-11-9-10-12(14(2,3)4)13(16(11)8)15(5,6)7/h9-12H2,1-8H3;14H,9-13H2,1-8H3;9H,10H2,1-8H3. The van der Waals surface area contributed by atoms with Crippen molar-refractivity contribution in [2.45, 2.75) is 209 Å². The number of carbonyl (C=O) groups excluding carboxylic acids is 1. The molecule has 0 aliphatic carbocycles. The maximum Gasteiger partial charge on any atom is 0.252 e. The van der Waals surface area contributed by atoms with Crippen LogP contribution >= 0.6 is 0 Å². The van der Waals surface area contributed by atoms with E-state index in [2.05, 4.69) is 175 Å². The van der Waals surface area contributed by atoms with Crippen LogP contribution < -0.4 is 0 Å². The van der Waals surface area contributed by atoms with Crippen LogP contribution in [0.3, 0.4) is 0 Å². The number of rotatable bonds is 6. The van der Waals surface area contributed by atoms with Gasteiger partial charge in [0.05, 0.1) is 12.2 Å². The van der Waals surface area contributed by atoms with Gasteiger partial charge in [-0.1, -0.05) is 164 Å². The number of nitrogens with zero attached hydrogens (tertiary/aromatic N) is 4. The Morgan fingerprint density at radius 3 is 1.57 bits per heavy atom. The molecule has 0 saturated heterocycles. The van der Waals surface area contributed by atoms with Gasteiger partial charge in [-0.25, -0.2) is 0 Å². The Balaban J connectivity index is 0.000000424. The van der Waals surface area contributed by atoms with Crippen LogP contribution in [0.2, 0.25) is 0 Å². The van der Waals surface area contributed by atoms with E-state index in [0.29, 0.717) is 12.0 Å². The highest BCUT2D eigenvalue weighted by atomic mass is 16.2. The summed E-state index contributed by atoms with van der Waals surface area (Å²) in [6, 6.07) is 0.750. The molecule has 0 radical (unpaired) electrons. The second-order valence-corrected chi connectivity index (χ2v) is 23.4. The number of hydrogen-bond acceptors (Lipinski definition) is 4. The zero-order chi connectivity index (χ0) is 44.0. The molecule has 0 aromatic heterocycles. The number of aliphatic imine (C=N–C) groups is 1. The second-order valence-electron chi connectivity index (χ2n) is 23.4. The van der Waals surface area contributed by atoms with Crippen molar-refractivity contribution in [1.82, 2.24) is 14.7 Å². The number of likely N-dealkylation sites (N-methyl/N-ethyl adjacent to an activating group) is 1. The lowest BCUT2D eigenvalue weighted by molar-refractivity contribution is -0.126. The SMILES string of the molecule is CC1=CCC(C(C)(C)C)=C(C(C)(C)C)N1C.CCCCC1=NC(C(C)(C)C)=C(C(C)(C)C)C(=O)N(C)C1.CCCCC1CCC(C(C)(C)C)=C(C(C)(C)C)N1C. The van der Waals surface area contributed by atoms with Crippen LogP contribution in [0.25, 0.3) is 0 Å². The minimum Gasteiger partial charge on any atom is -0.374 e. The maximum absolute atomic E-state index is 12.9. The first-order valence-corrected chi connectivity index (χ1v) is 22.3. The largest absolute Gasteiger partial charge is 0.374 e. The molecule has 0 N–H and O–H groups in total. The van der Waals surface area contributed by atoms with Crippen molar-refractivity contribution >= 4 is 11.6 Å². The predicted molar refractivity (Wildman–Crippen MR) is 249 cm³/mol. The molecule has 5 heteroatoms. The van der Waals surface area contributed by atoms with E-state index in [-0.39, 0.29) is 33.0 Å². The summed E-state index contributed by atoms with van der Waals surface area (Å²) >= 11 is 0.